The molecular weight excluding hydrogens is 284 g/mol. The molecule has 1 aliphatic rings. The number of thiazole rings is 1. The molecule has 0 unspecified atom stereocenters. The zero-order valence-electron chi connectivity index (χ0n) is 11.8. The first-order chi connectivity index (χ1) is 10.2. The van der Waals surface area contributed by atoms with Crippen molar-refractivity contribution in [3.8, 4) is 0 Å². The average Bonchev–Trinajstić information content (AvgIpc) is 3.10. The molecule has 0 bridgehead atoms. The number of likely N-dealkylation sites (tertiary alicyclic amines) is 1. The van der Waals surface area contributed by atoms with E-state index in [2.05, 4.69) is 9.88 Å². The van der Waals surface area contributed by atoms with Gasteiger partial charge in [0.1, 0.15) is 0 Å². The van der Waals surface area contributed by atoms with E-state index in [1.165, 1.54) is 24.2 Å². The predicted octanol–water partition coefficient (Wildman–Crippen LogP) is 3.03. The molecule has 1 N–H and O–H groups in total. The highest BCUT2D eigenvalue weighted by Crippen LogP contribution is 2.24. The van der Waals surface area contributed by atoms with Gasteiger partial charge in [-0.2, -0.15) is 0 Å². The number of aromatic carboxylic acids is 1. The van der Waals surface area contributed by atoms with E-state index in [0.717, 1.165) is 28.5 Å². The minimum atomic E-state index is -0.917. The van der Waals surface area contributed by atoms with Gasteiger partial charge in [-0.3, -0.25) is 4.90 Å². The fourth-order valence-corrected chi connectivity index (χ4v) is 3.80. The summed E-state index contributed by atoms with van der Waals surface area (Å²) >= 11 is 1.54. The molecule has 3 rings (SSSR count). The third-order valence-electron chi connectivity index (χ3n) is 3.71. The predicted molar refractivity (Wildman–Crippen MR) is 82.8 cm³/mol. The molecule has 1 aromatic heterocycles. The molecule has 0 radical (unpaired) electrons. The van der Waals surface area contributed by atoms with Gasteiger partial charge in [0, 0.05) is 13.0 Å². The van der Waals surface area contributed by atoms with Crippen molar-refractivity contribution >= 4 is 17.3 Å². The number of hydrogen-bond donors (Lipinski definition) is 1. The molecule has 2 heterocycles. The smallest absolute Gasteiger partial charge is 0.355 e. The topological polar surface area (TPSA) is 53.4 Å². The summed E-state index contributed by atoms with van der Waals surface area (Å²) in [5.74, 6) is -0.917. The highest BCUT2D eigenvalue weighted by Gasteiger charge is 2.21. The molecule has 1 aromatic carbocycles. The van der Waals surface area contributed by atoms with Crippen LogP contribution in [0.5, 0.6) is 0 Å². The summed E-state index contributed by atoms with van der Waals surface area (Å²) in [6.07, 6.45) is 3.11. The standard InChI is InChI=1S/C16H18N2O2S/c19-16(20)15-13(11-18-8-4-5-9-18)21-14(17-15)10-12-6-2-1-3-7-12/h1-3,6-7H,4-5,8-11H2,(H,19,20). The summed E-state index contributed by atoms with van der Waals surface area (Å²) in [5.41, 5.74) is 1.40. The molecule has 0 amide bonds. The Balaban J connectivity index is 1.80. The summed E-state index contributed by atoms with van der Waals surface area (Å²) in [5, 5.41) is 10.2. The van der Waals surface area contributed by atoms with Gasteiger partial charge >= 0.3 is 5.97 Å². The van der Waals surface area contributed by atoms with E-state index in [-0.39, 0.29) is 5.69 Å². The van der Waals surface area contributed by atoms with Crippen LogP contribution in [0.15, 0.2) is 30.3 Å². The highest BCUT2D eigenvalue weighted by molar-refractivity contribution is 7.11. The summed E-state index contributed by atoms with van der Waals surface area (Å²) in [4.78, 5) is 18.9. The van der Waals surface area contributed by atoms with Crippen LogP contribution < -0.4 is 0 Å². The van der Waals surface area contributed by atoms with Crippen molar-refractivity contribution in [1.82, 2.24) is 9.88 Å². The molecule has 1 fully saturated rings. The molecule has 21 heavy (non-hydrogen) atoms. The molecule has 0 atom stereocenters. The second-order valence-corrected chi connectivity index (χ2v) is 6.50. The Morgan fingerprint density at radius 3 is 2.62 bits per heavy atom. The lowest BCUT2D eigenvalue weighted by Crippen LogP contribution is -2.19. The molecule has 5 heteroatoms. The van der Waals surface area contributed by atoms with Crippen molar-refractivity contribution in [2.24, 2.45) is 0 Å². The molecular formula is C16H18N2O2S. The molecule has 0 saturated carbocycles. The summed E-state index contributed by atoms with van der Waals surface area (Å²) in [6, 6.07) is 10.1. The number of carboxylic acids is 1. The monoisotopic (exact) mass is 302 g/mol. The van der Waals surface area contributed by atoms with Crippen LogP contribution in [0.1, 0.15) is 38.8 Å². The molecule has 0 spiro atoms. The van der Waals surface area contributed by atoms with Crippen molar-refractivity contribution < 1.29 is 9.90 Å². The van der Waals surface area contributed by atoms with Gasteiger partial charge in [0.05, 0.1) is 9.88 Å². The minimum Gasteiger partial charge on any atom is -0.476 e. The number of benzene rings is 1. The van der Waals surface area contributed by atoms with E-state index < -0.39 is 5.97 Å². The highest BCUT2D eigenvalue weighted by atomic mass is 32.1. The number of nitrogens with zero attached hydrogens (tertiary/aromatic N) is 2. The van der Waals surface area contributed by atoms with Gasteiger partial charge in [-0.25, -0.2) is 9.78 Å². The Labute approximate surface area is 128 Å². The maximum Gasteiger partial charge on any atom is 0.355 e. The van der Waals surface area contributed by atoms with Crippen LogP contribution in [0, 0.1) is 0 Å². The lowest BCUT2D eigenvalue weighted by molar-refractivity contribution is 0.0689. The SMILES string of the molecule is O=C(O)c1nc(Cc2ccccc2)sc1CN1CCCC1. The fraction of sp³-hybridized carbons (Fsp3) is 0.375. The van der Waals surface area contributed by atoms with Crippen LogP contribution in [0.4, 0.5) is 0 Å². The molecule has 2 aromatic rings. The lowest BCUT2D eigenvalue weighted by Gasteiger charge is -2.12. The average molecular weight is 302 g/mol. The van der Waals surface area contributed by atoms with Gasteiger partial charge in [-0.05, 0) is 31.5 Å². The van der Waals surface area contributed by atoms with Crippen molar-refractivity contribution in [3.05, 3.63) is 51.5 Å². The van der Waals surface area contributed by atoms with Crippen LogP contribution in [0.25, 0.3) is 0 Å². The maximum atomic E-state index is 11.4. The lowest BCUT2D eigenvalue weighted by atomic mass is 10.2. The van der Waals surface area contributed by atoms with Crippen LogP contribution in [0.3, 0.4) is 0 Å². The van der Waals surface area contributed by atoms with Gasteiger partial charge < -0.3 is 5.11 Å². The largest absolute Gasteiger partial charge is 0.476 e. The second-order valence-electron chi connectivity index (χ2n) is 5.33. The van der Waals surface area contributed by atoms with Crippen LogP contribution in [-0.4, -0.2) is 34.0 Å². The Bertz CT molecular complexity index is 618. The van der Waals surface area contributed by atoms with Gasteiger partial charge in [0.25, 0.3) is 0 Å². The first-order valence-electron chi connectivity index (χ1n) is 7.20. The van der Waals surface area contributed by atoms with Crippen molar-refractivity contribution in [1.29, 1.82) is 0 Å². The minimum absolute atomic E-state index is 0.234. The normalized spacial score (nSPS) is 15.4. The van der Waals surface area contributed by atoms with Crippen molar-refractivity contribution in [2.45, 2.75) is 25.8 Å². The molecule has 110 valence electrons. The van der Waals surface area contributed by atoms with Crippen LogP contribution >= 0.6 is 11.3 Å². The molecule has 0 aliphatic carbocycles. The first-order valence-corrected chi connectivity index (χ1v) is 8.02. The van der Waals surface area contributed by atoms with Gasteiger partial charge in [-0.15, -0.1) is 11.3 Å². The summed E-state index contributed by atoms with van der Waals surface area (Å²) in [6.45, 7) is 2.84. The quantitative estimate of drug-likeness (QED) is 0.922. The number of hydrogen-bond acceptors (Lipinski definition) is 4. The second kappa shape index (κ2) is 6.37. The number of rotatable bonds is 5. The first kappa shape index (κ1) is 14.2. The molecule has 4 nitrogen and oxygen atoms in total. The number of carbonyl (C=O) groups is 1. The van der Waals surface area contributed by atoms with Crippen molar-refractivity contribution in [2.75, 3.05) is 13.1 Å². The summed E-state index contributed by atoms with van der Waals surface area (Å²) < 4.78 is 0. The van der Waals surface area contributed by atoms with E-state index in [1.54, 1.807) is 0 Å². The van der Waals surface area contributed by atoms with Crippen molar-refractivity contribution in [3.63, 3.8) is 0 Å². The van der Waals surface area contributed by atoms with E-state index in [1.807, 2.05) is 30.3 Å². The van der Waals surface area contributed by atoms with E-state index >= 15 is 0 Å². The third-order valence-corrected chi connectivity index (χ3v) is 4.75. The fourth-order valence-electron chi connectivity index (χ4n) is 2.66. The molecule has 1 saturated heterocycles. The van der Waals surface area contributed by atoms with E-state index in [0.29, 0.717) is 13.0 Å². The van der Waals surface area contributed by atoms with E-state index in [4.69, 9.17) is 0 Å². The Morgan fingerprint density at radius 2 is 1.95 bits per heavy atom. The maximum absolute atomic E-state index is 11.4. The Morgan fingerprint density at radius 1 is 1.24 bits per heavy atom. The zero-order chi connectivity index (χ0) is 14.7. The molecule has 1 aliphatic heterocycles. The van der Waals surface area contributed by atoms with Gasteiger partial charge in [-0.1, -0.05) is 30.3 Å². The Kier molecular flexibility index (Phi) is 4.31. The van der Waals surface area contributed by atoms with Crippen LogP contribution in [0.2, 0.25) is 0 Å². The summed E-state index contributed by atoms with van der Waals surface area (Å²) in [7, 11) is 0. The zero-order valence-corrected chi connectivity index (χ0v) is 12.6. The third kappa shape index (κ3) is 3.49. The van der Waals surface area contributed by atoms with Gasteiger partial charge in [0.15, 0.2) is 5.69 Å². The van der Waals surface area contributed by atoms with E-state index in [9.17, 15) is 9.90 Å². The number of carboxylic acid groups (broad SMARTS) is 1. The van der Waals surface area contributed by atoms with Crippen LogP contribution in [-0.2, 0) is 13.0 Å². The Hall–Kier alpha value is -1.72. The van der Waals surface area contributed by atoms with Gasteiger partial charge in [0.2, 0.25) is 0 Å². The number of aromatic nitrogens is 1.